The fraction of sp³-hybridized carbons (Fsp3) is 0.786. The summed E-state index contributed by atoms with van der Waals surface area (Å²) in [5.41, 5.74) is 8.41. The lowest BCUT2D eigenvalue weighted by atomic mass is 9.81. The highest BCUT2D eigenvalue weighted by Gasteiger charge is 2.36. The van der Waals surface area contributed by atoms with Gasteiger partial charge in [0, 0.05) is 25.0 Å². The topological polar surface area (TPSA) is 47.1 Å². The molecule has 1 heterocycles. The number of aryl methyl sites for hydroxylation is 2. The first-order valence-electron chi connectivity index (χ1n) is 6.91. The molecule has 1 atom stereocenters. The zero-order valence-corrected chi connectivity index (χ0v) is 13.8. The molecule has 1 aromatic heterocycles. The summed E-state index contributed by atoms with van der Waals surface area (Å²) in [4.78, 5) is 2.24. The number of hydrogen-bond acceptors (Lipinski definition) is 3. The van der Waals surface area contributed by atoms with Crippen molar-refractivity contribution < 1.29 is 0 Å². The lowest BCUT2D eigenvalue weighted by Gasteiger charge is -2.43. The predicted octanol–water partition coefficient (Wildman–Crippen LogP) is 2.37. The SMILES string of the molecule is CCC(CC)(C(N)Cc1c(Cl)c(C)nn1C)N(C)C. The Balaban J connectivity index is 3.03. The normalized spacial score (nSPS) is 14.2. The molecule has 0 bridgehead atoms. The third-order valence-electron chi connectivity index (χ3n) is 4.48. The van der Waals surface area contributed by atoms with E-state index in [1.165, 1.54) is 0 Å². The van der Waals surface area contributed by atoms with E-state index in [9.17, 15) is 0 Å². The molecule has 0 fully saturated rings. The first-order chi connectivity index (χ1) is 8.80. The van der Waals surface area contributed by atoms with Crippen LogP contribution in [-0.2, 0) is 13.5 Å². The molecule has 0 aliphatic carbocycles. The molecule has 4 nitrogen and oxygen atoms in total. The second-order valence-electron chi connectivity index (χ2n) is 5.49. The Bertz CT molecular complexity index is 421. The molecule has 2 N–H and O–H groups in total. The lowest BCUT2D eigenvalue weighted by molar-refractivity contribution is 0.105. The molecule has 1 unspecified atom stereocenters. The minimum Gasteiger partial charge on any atom is -0.326 e. The molecule has 19 heavy (non-hydrogen) atoms. The first kappa shape index (κ1) is 16.5. The van der Waals surface area contributed by atoms with Crippen molar-refractivity contribution >= 4 is 11.6 Å². The van der Waals surface area contributed by atoms with Gasteiger partial charge >= 0.3 is 0 Å². The van der Waals surface area contributed by atoms with E-state index in [0.717, 1.165) is 35.7 Å². The molecular weight excluding hydrogens is 260 g/mol. The number of halogens is 1. The Morgan fingerprint density at radius 1 is 1.37 bits per heavy atom. The Morgan fingerprint density at radius 3 is 2.21 bits per heavy atom. The lowest BCUT2D eigenvalue weighted by Crippen LogP contribution is -2.57. The highest BCUT2D eigenvalue weighted by molar-refractivity contribution is 6.31. The average Bonchev–Trinajstić information content (AvgIpc) is 2.58. The summed E-state index contributed by atoms with van der Waals surface area (Å²) in [7, 11) is 6.13. The third-order valence-corrected chi connectivity index (χ3v) is 4.97. The predicted molar refractivity (Wildman–Crippen MR) is 81.6 cm³/mol. The van der Waals surface area contributed by atoms with E-state index >= 15 is 0 Å². The van der Waals surface area contributed by atoms with Gasteiger partial charge in [0.1, 0.15) is 0 Å². The Labute approximate surface area is 121 Å². The van der Waals surface area contributed by atoms with Crippen LogP contribution in [0.1, 0.15) is 38.1 Å². The average molecular weight is 287 g/mol. The zero-order chi connectivity index (χ0) is 14.8. The fourth-order valence-corrected chi connectivity index (χ4v) is 3.28. The van der Waals surface area contributed by atoms with Gasteiger partial charge in [-0.3, -0.25) is 4.68 Å². The summed E-state index contributed by atoms with van der Waals surface area (Å²) in [6, 6.07) is 0.0322. The summed E-state index contributed by atoms with van der Waals surface area (Å²) in [5.74, 6) is 0. The van der Waals surface area contributed by atoms with Gasteiger partial charge in [0.15, 0.2) is 0 Å². The molecule has 0 radical (unpaired) electrons. The number of likely N-dealkylation sites (N-methyl/N-ethyl adjacent to an activating group) is 1. The van der Waals surface area contributed by atoms with Gasteiger partial charge in [0.05, 0.1) is 16.4 Å². The molecule has 1 aromatic rings. The number of hydrogen-bond donors (Lipinski definition) is 1. The van der Waals surface area contributed by atoms with Crippen molar-refractivity contribution in [2.75, 3.05) is 14.1 Å². The van der Waals surface area contributed by atoms with E-state index in [4.69, 9.17) is 17.3 Å². The van der Waals surface area contributed by atoms with Crippen LogP contribution in [-0.4, -0.2) is 40.4 Å². The van der Waals surface area contributed by atoms with Crippen LogP contribution in [0.25, 0.3) is 0 Å². The Hall–Kier alpha value is -0.580. The number of nitrogens with zero attached hydrogens (tertiary/aromatic N) is 3. The Morgan fingerprint density at radius 2 is 1.89 bits per heavy atom. The van der Waals surface area contributed by atoms with Gasteiger partial charge in [0.25, 0.3) is 0 Å². The van der Waals surface area contributed by atoms with Crippen molar-refractivity contribution in [2.24, 2.45) is 12.8 Å². The standard InChI is InChI=1S/C14H27ClN4/c1-7-14(8-2,18(4)5)12(16)9-11-13(15)10(3)17-19(11)6/h12H,7-9,16H2,1-6H3. The van der Waals surface area contributed by atoms with Gasteiger partial charge in [-0.05, 0) is 33.9 Å². The maximum Gasteiger partial charge on any atom is 0.0847 e. The van der Waals surface area contributed by atoms with Crippen molar-refractivity contribution in [1.29, 1.82) is 0 Å². The van der Waals surface area contributed by atoms with Gasteiger partial charge in [-0.15, -0.1) is 0 Å². The first-order valence-corrected chi connectivity index (χ1v) is 7.28. The van der Waals surface area contributed by atoms with E-state index in [2.05, 4.69) is 37.9 Å². The van der Waals surface area contributed by atoms with E-state index in [1.54, 1.807) is 0 Å². The van der Waals surface area contributed by atoms with Gasteiger partial charge in [0.2, 0.25) is 0 Å². The van der Waals surface area contributed by atoms with Crippen molar-refractivity contribution in [1.82, 2.24) is 14.7 Å². The minimum absolute atomic E-state index is 0.00149. The quantitative estimate of drug-likeness (QED) is 0.873. The third kappa shape index (κ3) is 2.96. The second-order valence-corrected chi connectivity index (χ2v) is 5.86. The molecular formula is C14H27ClN4. The molecule has 0 saturated carbocycles. The second kappa shape index (κ2) is 6.25. The highest BCUT2D eigenvalue weighted by Crippen LogP contribution is 2.29. The van der Waals surface area contributed by atoms with Crippen LogP contribution < -0.4 is 5.73 Å². The van der Waals surface area contributed by atoms with Crippen molar-refractivity contribution in [3.05, 3.63) is 16.4 Å². The van der Waals surface area contributed by atoms with E-state index in [-0.39, 0.29) is 11.6 Å². The molecule has 110 valence electrons. The smallest absolute Gasteiger partial charge is 0.0847 e. The van der Waals surface area contributed by atoms with Gasteiger partial charge in [-0.2, -0.15) is 5.10 Å². The zero-order valence-electron chi connectivity index (χ0n) is 13.0. The van der Waals surface area contributed by atoms with E-state index in [1.807, 2.05) is 18.7 Å². The molecule has 0 spiro atoms. The van der Waals surface area contributed by atoms with Crippen LogP contribution in [0, 0.1) is 6.92 Å². The van der Waals surface area contributed by atoms with Gasteiger partial charge < -0.3 is 10.6 Å². The Kier molecular flexibility index (Phi) is 5.42. The fourth-order valence-electron chi connectivity index (χ4n) is 3.04. The largest absolute Gasteiger partial charge is 0.326 e. The monoisotopic (exact) mass is 286 g/mol. The van der Waals surface area contributed by atoms with Crippen LogP contribution in [0.2, 0.25) is 5.02 Å². The molecule has 5 heteroatoms. The van der Waals surface area contributed by atoms with Crippen LogP contribution in [0.5, 0.6) is 0 Å². The molecule has 0 aliphatic rings. The van der Waals surface area contributed by atoms with Gasteiger partial charge in [-0.1, -0.05) is 25.4 Å². The number of rotatable bonds is 6. The van der Waals surface area contributed by atoms with Crippen LogP contribution >= 0.6 is 11.6 Å². The summed E-state index contributed by atoms with van der Waals surface area (Å²) in [6.07, 6.45) is 2.79. The molecule has 0 amide bonds. The molecule has 0 aliphatic heterocycles. The summed E-state index contributed by atoms with van der Waals surface area (Å²) in [6.45, 7) is 6.31. The van der Waals surface area contributed by atoms with Crippen molar-refractivity contribution in [2.45, 2.75) is 51.6 Å². The summed E-state index contributed by atoms with van der Waals surface area (Å²) in [5, 5.41) is 5.11. The minimum atomic E-state index is 0.00149. The molecule has 0 saturated heterocycles. The van der Waals surface area contributed by atoms with Crippen LogP contribution in [0.15, 0.2) is 0 Å². The number of aromatic nitrogens is 2. The maximum absolute atomic E-state index is 6.51. The molecule has 0 aromatic carbocycles. The van der Waals surface area contributed by atoms with E-state index in [0.29, 0.717) is 0 Å². The van der Waals surface area contributed by atoms with Crippen molar-refractivity contribution in [3.8, 4) is 0 Å². The summed E-state index contributed by atoms with van der Waals surface area (Å²) >= 11 is 6.32. The summed E-state index contributed by atoms with van der Waals surface area (Å²) < 4.78 is 1.85. The van der Waals surface area contributed by atoms with Gasteiger partial charge in [-0.25, -0.2) is 0 Å². The van der Waals surface area contributed by atoms with E-state index < -0.39 is 0 Å². The maximum atomic E-state index is 6.51. The van der Waals surface area contributed by atoms with Crippen molar-refractivity contribution in [3.63, 3.8) is 0 Å². The molecule has 1 rings (SSSR count). The van der Waals surface area contributed by atoms with Crippen LogP contribution in [0.4, 0.5) is 0 Å². The highest BCUT2D eigenvalue weighted by atomic mass is 35.5. The van der Waals surface area contributed by atoms with Crippen LogP contribution in [0.3, 0.4) is 0 Å². The number of nitrogens with two attached hydrogens (primary N) is 1.